The molecular formula is C18H31IN4S. The van der Waals surface area contributed by atoms with Gasteiger partial charge in [0.1, 0.15) is 0 Å². The van der Waals surface area contributed by atoms with Gasteiger partial charge >= 0.3 is 0 Å². The number of benzene rings is 1. The molecule has 6 heteroatoms. The van der Waals surface area contributed by atoms with Crippen LogP contribution in [-0.2, 0) is 6.42 Å². The topological polar surface area (TPSA) is 39.7 Å². The molecule has 0 spiro atoms. The van der Waals surface area contributed by atoms with E-state index in [1.807, 2.05) is 7.05 Å². The molecule has 2 atom stereocenters. The van der Waals surface area contributed by atoms with Gasteiger partial charge in [0.25, 0.3) is 0 Å². The first-order valence-corrected chi connectivity index (χ1v) is 9.50. The SMILES string of the molecule is CN=C(NCC1CCCS1)NCC(Cc1ccccc1)N(C)C.I. The number of hydrogen-bond donors (Lipinski definition) is 2. The average Bonchev–Trinajstić information content (AvgIpc) is 3.08. The number of thioether (sulfide) groups is 1. The van der Waals surface area contributed by atoms with Gasteiger partial charge in [-0.1, -0.05) is 30.3 Å². The third-order valence-electron chi connectivity index (χ3n) is 4.29. The lowest BCUT2D eigenvalue weighted by Gasteiger charge is -2.26. The van der Waals surface area contributed by atoms with Crippen LogP contribution in [0.4, 0.5) is 0 Å². The van der Waals surface area contributed by atoms with Crippen molar-refractivity contribution in [2.75, 3.05) is 40.0 Å². The smallest absolute Gasteiger partial charge is 0.191 e. The summed E-state index contributed by atoms with van der Waals surface area (Å²) in [5.74, 6) is 2.22. The first-order chi connectivity index (χ1) is 11.2. The van der Waals surface area contributed by atoms with E-state index in [4.69, 9.17) is 0 Å². The lowest BCUT2D eigenvalue weighted by atomic mass is 10.1. The molecule has 1 aliphatic rings. The van der Waals surface area contributed by atoms with E-state index < -0.39 is 0 Å². The fourth-order valence-corrected chi connectivity index (χ4v) is 3.98. The summed E-state index contributed by atoms with van der Waals surface area (Å²) in [5, 5.41) is 7.69. The van der Waals surface area contributed by atoms with E-state index in [0.29, 0.717) is 6.04 Å². The van der Waals surface area contributed by atoms with Crippen LogP contribution in [0.1, 0.15) is 18.4 Å². The predicted octanol–water partition coefficient (Wildman–Crippen LogP) is 2.84. The summed E-state index contributed by atoms with van der Waals surface area (Å²) in [7, 11) is 6.13. The molecule has 0 amide bonds. The molecule has 1 aromatic carbocycles. The summed E-state index contributed by atoms with van der Waals surface area (Å²) in [6.07, 6.45) is 3.71. The Labute approximate surface area is 168 Å². The minimum Gasteiger partial charge on any atom is -0.355 e. The van der Waals surface area contributed by atoms with Crippen molar-refractivity contribution in [2.24, 2.45) is 4.99 Å². The van der Waals surface area contributed by atoms with Gasteiger partial charge in [-0.3, -0.25) is 4.99 Å². The van der Waals surface area contributed by atoms with Crippen LogP contribution in [0.5, 0.6) is 0 Å². The zero-order chi connectivity index (χ0) is 16.5. The molecule has 2 unspecified atom stereocenters. The number of halogens is 1. The van der Waals surface area contributed by atoms with Crippen LogP contribution in [0.25, 0.3) is 0 Å². The molecule has 136 valence electrons. The molecule has 1 aromatic rings. The van der Waals surface area contributed by atoms with Gasteiger partial charge in [0.15, 0.2) is 5.96 Å². The minimum absolute atomic E-state index is 0. The number of nitrogens with zero attached hydrogens (tertiary/aromatic N) is 2. The van der Waals surface area contributed by atoms with Crippen LogP contribution in [0.3, 0.4) is 0 Å². The standard InChI is InChI=1S/C18H30N4S.HI/c1-19-18(21-14-17-10-7-11-23-17)20-13-16(22(2)3)12-15-8-5-4-6-9-15;/h4-6,8-9,16-17H,7,10-14H2,1-3H3,(H2,19,20,21);1H. The Morgan fingerprint density at radius 2 is 2.04 bits per heavy atom. The van der Waals surface area contributed by atoms with Crippen LogP contribution in [0.2, 0.25) is 0 Å². The van der Waals surface area contributed by atoms with E-state index >= 15 is 0 Å². The highest BCUT2D eigenvalue weighted by molar-refractivity contribution is 14.0. The quantitative estimate of drug-likeness (QED) is 0.372. The Balaban J connectivity index is 0.00000288. The molecule has 2 N–H and O–H groups in total. The van der Waals surface area contributed by atoms with Crippen LogP contribution in [0, 0.1) is 0 Å². The van der Waals surface area contributed by atoms with Gasteiger partial charge in [0.2, 0.25) is 0 Å². The number of rotatable bonds is 7. The van der Waals surface area contributed by atoms with Gasteiger partial charge in [-0.2, -0.15) is 11.8 Å². The molecule has 1 saturated heterocycles. The second kappa shape index (κ2) is 12.0. The third-order valence-corrected chi connectivity index (χ3v) is 5.69. The van der Waals surface area contributed by atoms with Crippen molar-refractivity contribution in [3.63, 3.8) is 0 Å². The normalized spacial score (nSPS) is 19.0. The highest BCUT2D eigenvalue weighted by Gasteiger charge is 2.16. The lowest BCUT2D eigenvalue weighted by Crippen LogP contribution is -2.47. The molecule has 0 aliphatic carbocycles. The van der Waals surface area contributed by atoms with Gasteiger partial charge in [-0.15, -0.1) is 24.0 Å². The zero-order valence-corrected chi connectivity index (χ0v) is 18.1. The molecule has 1 heterocycles. The first-order valence-electron chi connectivity index (χ1n) is 8.45. The summed E-state index contributed by atoms with van der Waals surface area (Å²) in [4.78, 5) is 6.63. The van der Waals surface area contributed by atoms with Gasteiger partial charge in [-0.25, -0.2) is 0 Å². The van der Waals surface area contributed by atoms with Crippen LogP contribution in [-0.4, -0.2) is 62.1 Å². The molecule has 4 nitrogen and oxygen atoms in total. The Kier molecular flexibility index (Phi) is 10.8. The number of nitrogens with one attached hydrogen (secondary N) is 2. The molecule has 1 aliphatic heterocycles. The minimum atomic E-state index is 0. The van der Waals surface area contributed by atoms with E-state index in [2.05, 4.69) is 76.7 Å². The van der Waals surface area contributed by atoms with Gasteiger partial charge in [0, 0.05) is 31.4 Å². The Morgan fingerprint density at radius 3 is 2.62 bits per heavy atom. The Bertz CT molecular complexity index is 475. The summed E-state index contributed by atoms with van der Waals surface area (Å²) >= 11 is 2.07. The molecule has 0 aromatic heterocycles. The number of likely N-dealkylation sites (N-methyl/N-ethyl adjacent to an activating group) is 1. The van der Waals surface area contributed by atoms with Crippen molar-refractivity contribution >= 4 is 41.7 Å². The molecule has 0 bridgehead atoms. The highest BCUT2D eigenvalue weighted by Crippen LogP contribution is 2.25. The molecule has 24 heavy (non-hydrogen) atoms. The molecule has 1 fully saturated rings. The molecular weight excluding hydrogens is 431 g/mol. The van der Waals surface area contributed by atoms with E-state index in [1.165, 1.54) is 24.2 Å². The lowest BCUT2D eigenvalue weighted by molar-refractivity contribution is 0.290. The van der Waals surface area contributed by atoms with Gasteiger partial charge < -0.3 is 15.5 Å². The Hall–Kier alpha value is -0.470. The van der Waals surface area contributed by atoms with Gasteiger partial charge in [-0.05, 0) is 44.7 Å². The maximum Gasteiger partial charge on any atom is 0.191 e. The van der Waals surface area contributed by atoms with E-state index in [-0.39, 0.29) is 24.0 Å². The number of hydrogen-bond acceptors (Lipinski definition) is 3. The van der Waals surface area contributed by atoms with Crippen molar-refractivity contribution < 1.29 is 0 Å². The van der Waals surface area contributed by atoms with Crippen LogP contribution < -0.4 is 10.6 Å². The molecule has 0 saturated carbocycles. The fraction of sp³-hybridized carbons (Fsp3) is 0.611. The van der Waals surface area contributed by atoms with E-state index in [1.54, 1.807) is 0 Å². The predicted molar refractivity (Wildman–Crippen MR) is 118 cm³/mol. The summed E-state index contributed by atoms with van der Waals surface area (Å²) < 4.78 is 0. The second-order valence-corrected chi connectivity index (χ2v) is 7.68. The van der Waals surface area contributed by atoms with Crippen molar-refractivity contribution in [1.29, 1.82) is 0 Å². The third kappa shape index (κ3) is 7.61. The maximum absolute atomic E-state index is 4.35. The van der Waals surface area contributed by atoms with Crippen molar-refractivity contribution in [3.05, 3.63) is 35.9 Å². The zero-order valence-electron chi connectivity index (χ0n) is 15.0. The van der Waals surface area contributed by atoms with Crippen molar-refractivity contribution in [2.45, 2.75) is 30.6 Å². The summed E-state index contributed by atoms with van der Waals surface area (Å²) in [5.41, 5.74) is 1.37. The average molecular weight is 462 g/mol. The van der Waals surface area contributed by atoms with E-state index in [0.717, 1.165) is 30.7 Å². The Morgan fingerprint density at radius 1 is 1.29 bits per heavy atom. The van der Waals surface area contributed by atoms with Crippen LogP contribution >= 0.6 is 35.7 Å². The number of aliphatic imine (C=N–C) groups is 1. The maximum atomic E-state index is 4.35. The van der Waals surface area contributed by atoms with Crippen LogP contribution in [0.15, 0.2) is 35.3 Å². The molecule has 0 radical (unpaired) electrons. The largest absolute Gasteiger partial charge is 0.355 e. The summed E-state index contributed by atoms with van der Waals surface area (Å²) in [6, 6.07) is 11.1. The van der Waals surface area contributed by atoms with Gasteiger partial charge in [0.05, 0.1) is 0 Å². The molecule has 2 rings (SSSR count). The number of guanidine groups is 1. The van der Waals surface area contributed by atoms with E-state index in [9.17, 15) is 0 Å². The van der Waals surface area contributed by atoms with Crippen molar-refractivity contribution in [3.8, 4) is 0 Å². The van der Waals surface area contributed by atoms with Crippen molar-refractivity contribution in [1.82, 2.24) is 15.5 Å². The fourth-order valence-electron chi connectivity index (χ4n) is 2.77. The monoisotopic (exact) mass is 462 g/mol. The highest BCUT2D eigenvalue weighted by atomic mass is 127. The first kappa shape index (κ1) is 21.6. The second-order valence-electron chi connectivity index (χ2n) is 6.28. The summed E-state index contributed by atoms with van der Waals surface area (Å²) in [6.45, 7) is 1.90.